The quantitative estimate of drug-likeness (QED) is 0.722. The van der Waals surface area contributed by atoms with Crippen molar-refractivity contribution in [3.8, 4) is 11.1 Å². The lowest BCUT2D eigenvalue weighted by molar-refractivity contribution is -0.137. The van der Waals surface area contributed by atoms with Crippen LogP contribution in [0.25, 0.3) is 22.0 Å². The minimum atomic E-state index is -4.40. The Hall–Kier alpha value is -2.36. The van der Waals surface area contributed by atoms with Crippen molar-refractivity contribution >= 4 is 21.1 Å². The van der Waals surface area contributed by atoms with E-state index in [2.05, 4.69) is 5.32 Å². The number of piperazine rings is 1. The number of alkyl halides is 3. The van der Waals surface area contributed by atoms with Gasteiger partial charge in [0.05, 0.1) is 11.1 Å². The summed E-state index contributed by atoms with van der Waals surface area (Å²) in [5.41, 5.74) is 1.05. The predicted octanol–water partition coefficient (Wildman–Crippen LogP) is 3.33. The van der Waals surface area contributed by atoms with E-state index in [1.807, 2.05) is 0 Å². The second-order valence-electron chi connectivity index (χ2n) is 6.58. The average Bonchev–Trinajstić information content (AvgIpc) is 3.13. The zero-order chi connectivity index (χ0) is 19.9. The smallest absolute Gasteiger partial charge is 0.314 e. The molecule has 5 nitrogen and oxygen atoms in total. The van der Waals surface area contributed by atoms with Crippen molar-refractivity contribution in [2.24, 2.45) is 0 Å². The number of halogens is 3. The molecule has 0 atom stereocenters. The highest BCUT2D eigenvalue weighted by molar-refractivity contribution is 7.87. The standard InChI is InChI=1S/C19H18F3N3O2S/c20-19(21,22)15-6-4-14(5-7-15)16-2-1-3-18-17(16)8-11-25(18)28(26,27)24-12-9-23-10-13-24/h1-8,11,23H,9-10,12-13H2. The predicted molar refractivity (Wildman–Crippen MR) is 101 cm³/mol. The van der Waals surface area contributed by atoms with Gasteiger partial charge in [-0.2, -0.15) is 25.9 Å². The van der Waals surface area contributed by atoms with E-state index in [9.17, 15) is 21.6 Å². The molecule has 0 amide bonds. The van der Waals surface area contributed by atoms with Crippen LogP contribution in [0.2, 0.25) is 0 Å². The molecule has 1 fully saturated rings. The van der Waals surface area contributed by atoms with E-state index < -0.39 is 21.9 Å². The number of aromatic nitrogens is 1. The zero-order valence-corrected chi connectivity index (χ0v) is 15.6. The molecule has 2 aromatic carbocycles. The van der Waals surface area contributed by atoms with Gasteiger partial charge in [0.15, 0.2) is 0 Å². The van der Waals surface area contributed by atoms with Gasteiger partial charge in [0.1, 0.15) is 0 Å². The molecule has 3 aromatic rings. The van der Waals surface area contributed by atoms with Crippen LogP contribution < -0.4 is 5.32 Å². The largest absolute Gasteiger partial charge is 0.416 e. The number of hydrogen-bond acceptors (Lipinski definition) is 3. The van der Waals surface area contributed by atoms with Gasteiger partial charge in [-0.3, -0.25) is 0 Å². The first-order valence-corrected chi connectivity index (χ1v) is 10.2. The fraction of sp³-hybridized carbons (Fsp3) is 0.263. The molecule has 4 rings (SSSR count). The summed E-state index contributed by atoms with van der Waals surface area (Å²) in [6.07, 6.45) is -2.90. The Morgan fingerprint density at radius 1 is 0.929 bits per heavy atom. The van der Waals surface area contributed by atoms with E-state index in [4.69, 9.17) is 0 Å². The van der Waals surface area contributed by atoms with Gasteiger partial charge in [-0.1, -0.05) is 24.3 Å². The molecule has 1 aromatic heterocycles. The third kappa shape index (κ3) is 3.30. The summed E-state index contributed by atoms with van der Waals surface area (Å²) < 4.78 is 67.1. The first kappa shape index (κ1) is 19.0. The van der Waals surface area contributed by atoms with Crippen molar-refractivity contribution in [1.82, 2.24) is 13.6 Å². The highest BCUT2D eigenvalue weighted by Crippen LogP contribution is 2.34. The monoisotopic (exact) mass is 409 g/mol. The molecule has 1 N–H and O–H groups in total. The Labute approximate surface area is 160 Å². The fourth-order valence-corrected chi connectivity index (χ4v) is 4.95. The number of nitrogens with one attached hydrogen (secondary N) is 1. The lowest BCUT2D eigenvalue weighted by Gasteiger charge is -2.27. The normalized spacial score (nSPS) is 16.5. The maximum atomic E-state index is 13.0. The lowest BCUT2D eigenvalue weighted by Crippen LogP contribution is -2.48. The van der Waals surface area contributed by atoms with Crippen LogP contribution in [-0.4, -0.2) is 42.9 Å². The Bertz CT molecular complexity index is 1100. The molecule has 9 heteroatoms. The number of hydrogen-bond donors (Lipinski definition) is 1. The molecule has 0 saturated carbocycles. The van der Waals surface area contributed by atoms with Gasteiger partial charge in [0.25, 0.3) is 0 Å². The summed E-state index contributed by atoms with van der Waals surface area (Å²) in [5, 5.41) is 3.79. The zero-order valence-electron chi connectivity index (χ0n) is 14.8. The molecule has 0 bridgehead atoms. The van der Waals surface area contributed by atoms with Crippen molar-refractivity contribution in [3.05, 3.63) is 60.3 Å². The molecular weight excluding hydrogens is 391 g/mol. The third-order valence-corrected chi connectivity index (χ3v) is 6.70. The molecule has 0 spiro atoms. The summed E-state index contributed by atoms with van der Waals surface area (Å²) in [4.78, 5) is 0. The fourth-order valence-electron chi connectivity index (χ4n) is 3.43. The molecule has 0 unspecified atom stereocenters. The van der Waals surface area contributed by atoms with Gasteiger partial charge in [0.2, 0.25) is 0 Å². The van der Waals surface area contributed by atoms with Crippen LogP contribution in [0.5, 0.6) is 0 Å². The Kier molecular flexibility index (Phi) is 4.68. The maximum absolute atomic E-state index is 13.0. The molecule has 1 aliphatic rings. The summed E-state index contributed by atoms with van der Waals surface area (Å²) >= 11 is 0. The van der Waals surface area contributed by atoms with E-state index in [1.165, 1.54) is 26.6 Å². The first-order chi connectivity index (χ1) is 13.3. The minimum Gasteiger partial charge on any atom is -0.314 e. The van der Waals surface area contributed by atoms with Crippen LogP contribution in [0.3, 0.4) is 0 Å². The number of benzene rings is 2. The highest BCUT2D eigenvalue weighted by atomic mass is 32.2. The van der Waals surface area contributed by atoms with E-state index >= 15 is 0 Å². The topological polar surface area (TPSA) is 54.3 Å². The van der Waals surface area contributed by atoms with Gasteiger partial charge in [-0.05, 0) is 35.4 Å². The minimum absolute atomic E-state index is 0.389. The van der Waals surface area contributed by atoms with E-state index in [0.717, 1.165) is 12.1 Å². The van der Waals surface area contributed by atoms with Crippen molar-refractivity contribution in [1.29, 1.82) is 0 Å². The van der Waals surface area contributed by atoms with Crippen molar-refractivity contribution in [3.63, 3.8) is 0 Å². The van der Waals surface area contributed by atoms with Gasteiger partial charge in [-0.25, -0.2) is 3.97 Å². The number of fused-ring (bicyclic) bond motifs is 1. The maximum Gasteiger partial charge on any atom is 0.416 e. The molecule has 2 heterocycles. The van der Waals surface area contributed by atoms with E-state index in [-0.39, 0.29) is 0 Å². The van der Waals surface area contributed by atoms with Crippen LogP contribution in [0, 0.1) is 0 Å². The van der Waals surface area contributed by atoms with Crippen LogP contribution in [0.15, 0.2) is 54.7 Å². The first-order valence-electron chi connectivity index (χ1n) is 8.77. The second-order valence-corrected chi connectivity index (χ2v) is 8.39. The Morgan fingerprint density at radius 2 is 1.61 bits per heavy atom. The summed E-state index contributed by atoms with van der Waals surface area (Å²) in [5.74, 6) is 0. The van der Waals surface area contributed by atoms with Crippen molar-refractivity contribution in [2.75, 3.05) is 26.2 Å². The number of rotatable bonds is 3. The summed E-state index contributed by atoms with van der Waals surface area (Å²) in [6, 6.07) is 11.7. The second kappa shape index (κ2) is 6.91. The molecule has 1 aliphatic heterocycles. The Balaban J connectivity index is 1.77. The molecule has 0 radical (unpaired) electrons. The Morgan fingerprint density at radius 3 is 2.25 bits per heavy atom. The summed E-state index contributed by atoms with van der Waals surface area (Å²) in [7, 11) is -3.71. The van der Waals surface area contributed by atoms with Crippen molar-refractivity contribution in [2.45, 2.75) is 6.18 Å². The van der Waals surface area contributed by atoms with E-state index in [1.54, 1.807) is 24.3 Å². The lowest BCUT2D eigenvalue weighted by atomic mass is 10.0. The molecule has 148 valence electrons. The van der Waals surface area contributed by atoms with Gasteiger partial charge < -0.3 is 5.32 Å². The van der Waals surface area contributed by atoms with Crippen LogP contribution >= 0.6 is 0 Å². The van der Waals surface area contributed by atoms with Crippen LogP contribution in [0.1, 0.15) is 5.56 Å². The van der Waals surface area contributed by atoms with Crippen molar-refractivity contribution < 1.29 is 21.6 Å². The van der Waals surface area contributed by atoms with Gasteiger partial charge in [-0.15, -0.1) is 0 Å². The molecular formula is C19H18F3N3O2S. The number of nitrogens with zero attached hydrogens (tertiary/aromatic N) is 2. The third-order valence-electron chi connectivity index (χ3n) is 4.87. The van der Waals surface area contributed by atoms with Crippen LogP contribution in [-0.2, 0) is 16.4 Å². The molecule has 28 heavy (non-hydrogen) atoms. The van der Waals surface area contributed by atoms with Crippen LogP contribution in [0.4, 0.5) is 13.2 Å². The average molecular weight is 409 g/mol. The highest BCUT2D eigenvalue weighted by Gasteiger charge is 2.30. The molecule has 0 aliphatic carbocycles. The summed E-state index contributed by atoms with van der Waals surface area (Å²) in [6.45, 7) is 1.96. The SMILES string of the molecule is O=S(=O)(N1CCNCC1)n1ccc2c(-c3ccc(C(F)(F)F)cc3)cccc21. The van der Waals surface area contributed by atoms with E-state index in [0.29, 0.717) is 48.2 Å². The van der Waals surface area contributed by atoms with Gasteiger partial charge in [0, 0.05) is 37.8 Å². The molecule has 1 saturated heterocycles. The van der Waals surface area contributed by atoms with Gasteiger partial charge >= 0.3 is 16.4 Å².